The van der Waals surface area contributed by atoms with Crippen molar-refractivity contribution in [2.45, 2.75) is 18.7 Å². The maximum atomic E-state index is 12.8. The fourth-order valence-electron chi connectivity index (χ4n) is 3.10. The van der Waals surface area contributed by atoms with Crippen LogP contribution < -0.4 is 10.0 Å². The maximum absolute atomic E-state index is 12.8. The monoisotopic (exact) mass is 352 g/mol. The summed E-state index contributed by atoms with van der Waals surface area (Å²) in [6.45, 7) is 7.20. The number of carboxylic acids is 1. The summed E-state index contributed by atoms with van der Waals surface area (Å²) in [7, 11) is -3.60. The lowest BCUT2D eigenvalue weighted by Gasteiger charge is -2.30. The number of hydrogen-bond donors (Lipinski definition) is 1. The molecular weight excluding hydrogens is 332 g/mol. The Morgan fingerprint density at radius 1 is 1.33 bits per heavy atom. The number of furan rings is 1. The average Bonchev–Trinajstić information content (AvgIpc) is 2.91. The van der Waals surface area contributed by atoms with Crippen LogP contribution in [-0.2, 0) is 10.0 Å². The molecule has 130 valence electrons. The number of rotatable bonds is 4. The molecule has 1 saturated heterocycles. The molecule has 0 aliphatic carbocycles. The second-order valence-electron chi connectivity index (χ2n) is 6.01. The lowest BCUT2D eigenvalue weighted by atomic mass is 10.1. The van der Waals surface area contributed by atoms with E-state index in [1.54, 1.807) is 6.92 Å². The van der Waals surface area contributed by atoms with Gasteiger partial charge in [-0.1, -0.05) is 0 Å². The highest BCUT2D eigenvalue weighted by Gasteiger charge is 2.30. The number of benzene rings is 1. The van der Waals surface area contributed by atoms with Crippen molar-refractivity contribution in [3.8, 4) is 0 Å². The topological polar surface area (TPSA) is 95.1 Å². The molecule has 0 amide bonds. The zero-order valence-electron chi connectivity index (χ0n) is 13.7. The highest BCUT2D eigenvalue weighted by Crippen LogP contribution is 2.28. The van der Waals surface area contributed by atoms with Gasteiger partial charge in [-0.3, -0.25) is 0 Å². The summed E-state index contributed by atoms with van der Waals surface area (Å²) >= 11 is 0. The molecule has 0 unspecified atom stereocenters. The van der Waals surface area contributed by atoms with Gasteiger partial charge in [-0.05, 0) is 32.0 Å². The van der Waals surface area contributed by atoms with E-state index in [1.165, 1.54) is 27.4 Å². The van der Waals surface area contributed by atoms with E-state index in [0.717, 1.165) is 19.6 Å². The minimum atomic E-state index is -3.60. The number of aromatic carboxylic acids is 1. The summed E-state index contributed by atoms with van der Waals surface area (Å²) in [6.07, 6.45) is 0. The van der Waals surface area contributed by atoms with Gasteiger partial charge in [0.25, 0.3) is 0 Å². The Morgan fingerprint density at radius 2 is 2.00 bits per heavy atom. The van der Waals surface area contributed by atoms with Gasteiger partial charge in [0.1, 0.15) is 11.6 Å². The Hall–Kier alpha value is -1.90. The molecule has 0 spiro atoms. The normalized spacial score (nSPS) is 17.4. The van der Waals surface area contributed by atoms with E-state index >= 15 is 0 Å². The number of sulfonamides is 1. The van der Waals surface area contributed by atoms with Crippen LogP contribution in [0.1, 0.15) is 23.0 Å². The lowest BCUT2D eigenvalue weighted by Crippen LogP contribution is -3.14. The van der Waals surface area contributed by atoms with Crippen molar-refractivity contribution in [3.63, 3.8) is 0 Å². The van der Waals surface area contributed by atoms with Crippen LogP contribution in [0.3, 0.4) is 0 Å². The number of carbonyl (C=O) groups excluding carboxylic acids is 1. The number of fused-ring (bicyclic) bond motifs is 1. The summed E-state index contributed by atoms with van der Waals surface area (Å²) < 4.78 is 32.4. The predicted octanol–water partition coefficient (Wildman–Crippen LogP) is -0.986. The number of hydrogen-bond acceptors (Lipinski definition) is 5. The number of quaternary nitrogens is 1. The van der Waals surface area contributed by atoms with E-state index in [-0.39, 0.29) is 10.7 Å². The number of piperazine rings is 1. The van der Waals surface area contributed by atoms with Gasteiger partial charge in [0, 0.05) is 10.9 Å². The number of carboxylic acid groups (broad SMARTS) is 1. The summed E-state index contributed by atoms with van der Waals surface area (Å²) in [6, 6.07) is 4.43. The van der Waals surface area contributed by atoms with Gasteiger partial charge in [-0.2, -0.15) is 4.31 Å². The smallest absolute Gasteiger partial charge is 0.243 e. The van der Waals surface area contributed by atoms with Gasteiger partial charge in [0.15, 0.2) is 5.76 Å². The van der Waals surface area contributed by atoms with Crippen molar-refractivity contribution >= 4 is 27.0 Å². The first-order chi connectivity index (χ1) is 11.3. The highest BCUT2D eigenvalue weighted by molar-refractivity contribution is 7.89. The van der Waals surface area contributed by atoms with Gasteiger partial charge in [0.2, 0.25) is 10.0 Å². The summed E-state index contributed by atoms with van der Waals surface area (Å²) in [5.74, 6) is -1.67. The standard InChI is InChI=1S/C16H20N2O5S/c1-3-17-6-8-18(9-7-17)24(21,22)12-4-5-14-13(10-12)11(2)15(23-14)16(19)20/h4-5,10H,3,6-9H2,1-2H3,(H,19,20). The number of nitrogens with one attached hydrogen (secondary N) is 1. The van der Waals surface area contributed by atoms with Gasteiger partial charge in [0.05, 0.1) is 37.6 Å². The molecule has 1 aliphatic heterocycles. The molecule has 1 N–H and O–H groups in total. The largest absolute Gasteiger partial charge is 0.542 e. The quantitative estimate of drug-likeness (QED) is 0.763. The van der Waals surface area contributed by atoms with Crippen molar-refractivity contribution in [1.82, 2.24) is 4.31 Å². The van der Waals surface area contributed by atoms with Crippen molar-refractivity contribution in [2.24, 2.45) is 0 Å². The molecule has 1 aromatic carbocycles. The number of likely N-dealkylation sites (N-methyl/N-ethyl adjacent to an activating group) is 1. The molecule has 1 aromatic heterocycles. The molecule has 2 aromatic rings. The first-order valence-corrected chi connectivity index (χ1v) is 9.36. The molecule has 0 atom stereocenters. The van der Waals surface area contributed by atoms with Crippen molar-refractivity contribution < 1.29 is 27.6 Å². The first-order valence-electron chi connectivity index (χ1n) is 7.92. The summed E-state index contributed by atoms with van der Waals surface area (Å²) in [4.78, 5) is 12.6. The molecule has 7 nitrogen and oxygen atoms in total. The Balaban J connectivity index is 1.96. The van der Waals surface area contributed by atoms with E-state index in [0.29, 0.717) is 29.6 Å². The van der Waals surface area contributed by atoms with Gasteiger partial charge in [-0.25, -0.2) is 8.42 Å². The Kier molecular flexibility index (Phi) is 4.37. The van der Waals surface area contributed by atoms with E-state index in [2.05, 4.69) is 6.92 Å². The van der Waals surface area contributed by atoms with Crippen LogP contribution >= 0.6 is 0 Å². The van der Waals surface area contributed by atoms with Crippen LogP contribution in [0.4, 0.5) is 0 Å². The van der Waals surface area contributed by atoms with E-state index in [4.69, 9.17) is 4.42 Å². The van der Waals surface area contributed by atoms with Crippen LogP contribution in [0.25, 0.3) is 11.0 Å². The SMILES string of the molecule is CC[NH+]1CCN(S(=O)(=O)c2ccc3oc(C(=O)[O-])c(C)c3c2)CC1. The van der Waals surface area contributed by atoms with Gasteiger partial charge >= 0.3 is 0 Å². The molecule has 8 heteroatoms. The third-order valence-corrected chi connectivity index (χ3v) is 6.55. The highest BCUT2D eigenvalue weighted by atomic mass is 32.2. The Bertz CT molecular complexity index is 879. The molecule has 0 bridgehead atoms. The second-order valence-corrected chi connectivity index (χ2v) is 7.95. The predicted molar refractivity (Wildman–Crippen MR) is 85.3 cm³/mol. The molecule has 1 fully saturated rings. The van der Waals surface area contributed by atoms with E-state index < -0.39 is 16.0 Å². The zero-order chi connectivity index (χ0) is 17.5. The number of aryl methyl sites for hydroxylation is 1. The Morgan fingerprint density at radius 3 is 2.58 bits per heavy atom. The van der Waals surface area contributed by atoms with Crippen LogP contribution in [0, 0.1) is 6.92 Å². The summed E-state index contributed by atoms with van der Waals surface area (Å²) in [5.41, 5.74) is 0.716. The van der Waals surface area contributed by atoms with E-state index in [1.807, 2.05) is 0 Å². The molecule has 3 rings (SSSR count). The van der Waals surface area contributed by atoms with Crippen molar-refractivity contribution in [2.75, 3.05) is 32.7 Å². The molecule has 24 heavy (non-hydrogen) atoms. The van der Waals surface area contributed by atoms with E-state index in [9.17, 15) is 18.3 Å². The maximum Gasteiger partial charge on any atom is 0.243 e. The molecule has 2 heterocycles. The van der Waals surface area contributed by atoms with Crippen LogP contribution in [-0.4, -0.2) is 51.4 Å². The van der Waals surface area contributed by atoms with Crippen LogP contribution in [0.5, 0.6) is 0 Å². The van der Waals surface area contributed by atoms with Crippen molar-refractivity contribution in [1.29, 1.82) is 0 Å². The molecule has 0 radical (unpaired) electrons. The van der Waals surface area contributed by atoms with Crippen molar-refractivity contribution in [3.05, 3.63) is 29.5 Å². The minimum Gasteiger partial charge on any atom is -0.542 e. The average molecular weight is 352 g/mol. The minimum absolute atomic E-state index is 0.156. The van der Waals surface area contributed by atoms with Gasteiger partial charge in [-0.15, -0.1) is 0 Å². The number of carbonyl (C=O) groups is 1. The Labute approximate surface area is 140 Å². The molecule has 0 saturated carbocycles. The lowest BCUT2D eigenvalue weighted by molar-refractivity contribution is -0.901. The fourth-order valence-corrected chi connectivity index (χ4v) is 4.57. The first kappa shape index (κ1) is 16.9. The third kappa shape index (κ3) is 2.81. The molecule has 1 aliphatic rings. The van der Waals surface area contributed by atoms with Gasteiger partial charge < -0.3 is 19.2 Å². The fraction of sp³-hybridized carbons (Fsp3) is 0.438. The third-order valence-electron chi connectivity index (χ3n) is 4.66. The van der Waals surface area contributed by atoms with Crippen LogP contribution in [0.15, 0.2) is 27.5 Å². The number of nitrogens with zero attached hydrogens (tertiary/aromatic N) is 1. The second kappa shape index (κ2) is 6.19. The summed E-state index contributed by atoms with van der Waals surface area (Å²) in [5, 5.41) is 11.5. The van der Waals surface area contributed by atoms with Crippen LogP contribution in [0.2, 0.25) is 0 Å². The zero-order valence-corrected chi connectivity index (χ0v) is 14.5. The molecular formula is C16H20N2O5S.